The van der Waals surface area contributed by atoms with Crippen molar-refractivity contribution in [1.82, 2.24) is 5.32 Å². The van der Waals surface area contributed by atoms with Gasteiger partial charge >= 0.3 is 0 Å². The Morgan fingerprint density at radius 3 is 2.45 bits per heavy atom. The Hall–Kier alpha value is -1.99. The number of hydrogen-bond donors (Lipinski definition) is 3. The fourth-order valence-electron chi connectivity index (χ4n) is 1.81. The van der Waals surface area contributed by atoms with Crippen molar-refractivity contribution in [2.75, 3.05) is 6.54 Å². The molecule has 1 aromatic rings. The van der Waals surface area contributed by atoms with Gasteiger partial charge in [0.1, 0.15) is 0 Å². The van der Waals surface area contributed by atoms with Crippen LogP contribution in [0.2, 0.25) is 0 Å². The lowest BCUT2D eigenvalue weighted by Crippen LogP contribution is -2.44. The van der Waals surface area contributed by atoms with Crippen molar-refractivity contribution in [3.8, 4) is 0 Å². The van der Waals surface area contributed by atoms with E-state index in [0.29, 0.717) is 5.56 Å². The summed E-state index contributed by atoms with van der Waals surface area (Å²) in [4.78, 5) is 20.9. The van der Waals surface area contributed by atoms with Crippen molar-refractivity contribution >= 4 is 11.6 Å². The molecule has 7 nitrogen and oxygen atoms in total. The highest BCUT2D eigenvalue weighted by Gasteiger charge is 2.21. The summed E-state index contributed by atoms with van der Waals surface area (Å²) in [5, 5.41) is 23.6. The molecule has 0 heterocycles. The number of nitrogens with one attached hydrogen (secondary N) is 1. The molecule has 0 fully saturated rings. The molecule has 0 spiro atoms. The van der Waals surface area contributed by atoms with Crippen molar-refractivity contribution in [2.24, 2.45) is 5.73 Å². The lowest BCUT2D eigenvalue weighted by molar-refractivity contribution is -0.384. The number of amides is 1. The Labute approximate surface area is 116 Å². The molecule has 0 aliphatic carbocycles. The summed E-state index contributed by atoms with van der Waals surface area (Å²) in [5.74, 6) is -0.424. The highest BCUT2D eigenvalue weighted by molar-refractivity contribution is 5.74. The predicted octanol–water partition coefficient (Wildman–Crippen LogP) is 0.872. The molecule has 20 heavy (non-hydrogen) atoms. The topological polar surface area (TPSA) is 118 Å². The fourth-order valence-corrected chi connectivity index (χ4v) is 1.81. The SMILES string of the molecule is CC(C)(CC(N)=O)NCC(O)c1ccc([N+](=O)[O-])cc1. The number of hydrogen-bond acceptors (Lipinski definition) is 5. The average Bonchev–Trinajstić information content (AvgIpc) is 2.34. The van der Waals surface area contributed by atoms with E-state index in [4.69, 9.17) is 5.73 Å². The van der Waals surface area contributed by atoms with E-state index < -0.39 is 22.5 Å². The van der Waals surface area contributed by atoms with Crippen LogP contribution in [0.15, 0.2) is 24.3 Å². The minimum absolute atomic E-state index is 0.0250. The second-order valence-electron chi connectivity index (χ2n) is 5.27. The molecule has 0 saturated carbocycles. The second-order valence-corrected chi connectivity index (χ2v) is 5.27. The van der Waals surface area contributed by atoms with Gasteiger partial charge < -0.3 is 16.2 Å². The van der Waals surface area contributed by atoms with Crippen LogP contribution in [0.3, 0.4) is 0 Å². The number of nitro benzene ring substituents is 1. The molecular weight excluding hydrogens is 262 g/mol. The molecule has 1 rings (SSSR count). The molecule has 110 valence electrons. The fraction of sp³-hybridized carbons (Fsp3) is 0.462. The van der Waals surface area contributed by atoms with Crippen LogP contribution in [0.25, 0.3) is 0 Å². The number of nitrogens with two attached hydrogens (primary N) is 1. The molecule has 7 heteroatoms. The third-order valence-corrected chi connectivity index (χ3v) is 2.88. The third-order valence-electron chi connectivity index (χ3n) is 2.88. The summed E-state index contributed by atoms with van der Waals surface area (Å²) < 4.78 is 0. The zero-order valence-corrected chi connectivity index (χ0v) is 11.5. The molecular formula is C13H19N3O4. The highest BCUT2D eigenvalue weighted by atomic mass is 16.6. The zero-order chi connectivity index (χ0) is 15.3. The van der Waals surface area contributed by atoms with E-state index in [2.05, 4.69) is 5.32 Å². The van der Waals surface area contributed by atoms with Crippen LogP contribution < -0.4 is 11.1 Å². The lowest BCUT2D eigenvalue weighted by Gasteiger charge is -2.26. The van der Waals surface area contributed by atoms with Crippen molar-refractivity contribution in [1.29, 1.82) is 0 Å². The minimum atomic E-state index is -0.817. The van der Waals surface area contributed by atoms with Gasteiger partial charge in [-0.1, -0.05) is 0 Å². The number of aliphatic hydroxyl groups excluding tert-OH is 1. The van der Waals surface area contributed by atoms with Gasteiger partial charge in [-0.15, -0.1) is 0 Å². The number of non-ortho nitro benzene ring substituents is 1. The summed E-state index contributed by atoms with van der Waals surface area (Å²) in [6.45, 7) is 3.83. The number of carbonyl (C=O) groups is 1. The summed E-state index contributed by atoms with van der Waals surface area (Å²) in [6.07, 6.45) is -0.664. The summed E-state index contributed by atoms with van der Waals surface area (Å²) in [7, 11) is 0. The van der Waals surface area contributed by atoms with Gasteiger partial charge in [0, 0.05) is 30.6 Å². The number of carbonyl (C=O) groups excluding carboxylic acids is 1. The number of nitrogens with zero attached hydrogens (tertiary/aromatic N) is 1. The number of aliphatic hydroxyl groups is 1. The summed E-state index contributed by atoms with van der Waals surface area (Å²) in [5.41, 5.74) is 5.16. The normalized spacial score (nSPS) is 12.9. The van der Waals surface area contributed by atoms with E-state index in [0.717, 1.165) is 0 Å². The van der Waals surface area contributed by atoms with Crippen molar-refractivity contribution in [2.45, 2.75) is 31.9 Å². The van der Waals surface area contributed by atoms with Crippen molar-refractivity contribution < 1.29 is 14.8 Å². The lowest BCUT2D eigenvalue weighted by atomic mass is 9.99. The molecule has 1 aromatic carbocycles. The standard InChI is InChI=1S/C13H19N3O4/c1-13(2,7-12(14)18)15-8-11(17)9-3-5-10(6-4-9)16(19)20/h3-6,11,15,17H,7-8H2,1-2H3,(H2,14,18). The maximum Gasteiger partial charge on any atom is 0.269 e. The molecule has 0 saturated heterocycles. The van der Waals surface area contributed by atoms with E-state index in [-0.39, 0.29) is 18.7 Å². The molecule has 0 aliphatic heterocycles. The monoisotopic (exact) mass is 281 g/mol. The average molecular weight is 281 g/mol. The van der Waals surface area contributed by atoms with E-state index in [9.17, 15) is 20.0 Å². The molecule has 4 N–H and O–H groups in total. The van der Waals surface area contributed by atoms with Gasteiger partial charge in [0.25, 0.3) is 5.69 Å². The van der Waals surface area contributed by atoms with Crippen molar-refractivity contribution in [3.05, 3.63) is 39.9 Å². The van der Waals surface area contributed by atoms with Crippen LogP contribution in [-0.4, -0.2) is 28.0 Å². The Kier molecular flexibility index (Phi) is 5.18. The van der Waals surface area contributed by atoms with Gasteiger partial charge in [0.05, 0.1) is 11.0 Å². The largest absolute Gasteiger partial charge is 0.387 e. The zero-order valence-electron chi connectivity index (χ0n) is 11.5. The van der Waals surface area contributed by atoms with Gasteiger partial charge in [0.15, 0.2) is 0 Å². The van der Waals surface area contributed by atoms with E-state index in [1.165, 1.54) is 24.3 Å². The molecule has 1 atom stereocenters. The molecule has 1 unspecified atom stereocenters. The van der Waals surface area contributed by atoms with Crippen LogP contribution >= 0.6 is 0 Å². The maximum absolute atomic E-state index is 10.9. The van der Waals surface area contributed by atoms with Crippen LogP contribution in [0.5, 0.6) is 0 Å². The Balaban J connectivity index is 2.60. The summed E-state index contributed by atoms with van der Waals surface area (Å²) in [6, 6.07) is 5.69. The number of primary amides is 1. The van der Waals surface area contributed by atoms with Gasteiger partial charge in [-0.3, -0.25) is 14.9 Å². The van der Waals surface area contributed by atoms with Gasteiger partial charge in [-0.05, 0) is 31.5 Å². The second kappa shape index (κ2) is 6.44. The first-order chi connectivity index (χ1) is 9.21. The third kappa shape index (κ3) is 4.94. The number of nitro groups is 1. The first kappa shape index (κ1) is 16.1. The predicted molar refractivity (Wildman–Crippen MR) is 73.9 cm³/mol. The molecule has 0 radical (unpaired) electrons. The number of rotatable bonds is 7. The smallest absolute Gasteiger partial charge is 0.269 e. The Morgan fingerprint density at radius 2 is 2.00 bits per heavy atom. The first-order valence-electron chi connectivity index (χ1n) is 6.17. The Bertz CT molecular complexity index is 485. The van der Waals surface area contributed by atoms with Crippen LogP contribution in [0.4, 0.5) is 5.69 Å². The molecule has 0 aromatic heterocycles. The van der Waals surface area contributed by atoms with Crippen LogP contribution in [0, 0.1) is 10.1 Å². The van der Waals surface area contributed by atoms with E-state index >= 15 is 0 Å². The molecule has 0 bridgehead atoms. The Morgan fingerprint density at radius 1 is 1.45 bits per heavy atom. The van der Waals surface area contributed by atoms with Gasteiger partial charge in [-0.25, -0.2) is 0 Å². The van der Waals surface area contributed by atoms with Crippen LogP contribution in [0.1, 0.15) is 31.9 Å². The maximum atomic E-state index is 10.9. The van der Waals surface area contributed by atoms with Crippen molar-refractivity contribution in [3.63, 3.8) is 0 Å². The number of benzene rings is 1. The quantitative estimate of drug-likeness (QED) is 0.506. The van der Waals surface area contributed by atoms with Gasteiger partial charge in [0.2, 0.25) is 5.91 Å². The van der Waals surface area contributed by atoms with Crippen LogP contribution in [-0.2, 0) is 4.79 Å². The minimum Gasteiger partial charge on any atom is -0.387 e. The van der Waals surface area contributed by atoms with Gasteiger partial charge in [-0.2, -0.15) is 0 Å². The molecule has 1 amide bonds. The molecule has 0 aliphatic rings. The van der Waals surface area contributed by atoms with E-state index in [1.54, 1.807) is 13.8 Å². The summed E-state index contributed by atoms with van der Waals surface area (Å²) >= 11 is 0. The highest BCUT2D eigenvalue weighted by Crippen LogP contribution is 2.18. The number of β-amino-alcohol motifs (C(OH)–C–C–N with tert-alkyl or cyclic N) is 1. The first-order valence-corrected chi connectivity index (χ1v) is 6.17. The van der Waals surface area contributed by atoms with E-state index in [1.807, 2.05) is 0 Å².